The van der Waals surface area contributed by atoms with Gasteiger partial charge in [0.2, 0.25) is 5.91 Å². The van der Waals surface area contributed by atoms with E-state index in [9.17, 15) is 58.6 Å². The van der Waals surface area contributed by atoms with Crippen molar-refractivity contribution in [3.8, 4) is 23.0 Å². The zero-order valence-electron chi connectivity index (χ0n) is 28.9. The number of hydrogen-bond acceptors (Lipinski definition) is 5. The molecule has 2 aromatic heterocycles. The smallest absolute Gasteiger partial charge is 0.377 e. The molecule has 8 nitrogen and oxygen atoms in total. The summed E-state index contributed by atoms with van der Waals surface area (Å²) in [6.07, 6.45) is -9.21. The molecule has 1 saturated carbocycles. The molecule has 2 aliphatic rings. The van der Waals surface area contributed by atoms with Crippen LogP contribution in [0.4, 0.5) is 43.9 Å². The van der Waals surface area contributed by atoms with Crippen molar-refractivity contribution in [1.82, 2.24) is 20.1 Å². The maximum Gasteiger partial charge on any atom is 0.435 e. The minimum atomic E-state index is -5.13. The number of nitrogens with two attached hydrogens (primary N) is 1. The van der Waals surface area contributed by atoms with Gasteiger partial charge in [0.15, 0.2) is 5.69 Å². The van der Waals surface area contributed by atoms with E-state index in [-0.39, 0.29) is 32.8 Å². The predicted octanol–water partition coefficient (Wildman–Crippen LogP) is 7.16. The molecule has 2 amide bonds. The maximum absolute atomic E-state index is 14.8. The fraction of sp³-hybridized carbons (Fsp3) is 0.351. The summed E-state index contributed by atoms with van der Waals surface area (Å²) in [5.74, 6) is -7.64. The first-order valence-corrected chi connectivity index (χ1v) is 16.7. The molecule has 55 heavy (non-hydrogen) atoms. The first-order chi connectivity index (χ1) is 25.6. The molecule has 2 aromatic carbocycles. The highest BCUT2D eigenvalue weighted by Gasteiger charge is 2.55. The third-order valence-corrected chi connectivity index (χ3v) is 8.67. The number of aromatic nitrogens is 3. The van der Waals surface area contributed by atoms with Crippen LogP contribution in [-0.2, 0) is 36.3 Å². The molecule has 0 bridgehead atoms. The van der Waals surface area contributed by atoms with E-state index in [4.69, 9.17) is 5.73 Å². The molecule has 1 fully saturated rings. The maximum atomic E-state index is 14.8. The third-order valence-electron chi connectivity index (χ3n) is 8.67. The number of fused-ring (bicyclic) bond motifs is 1. The highest BCUT2D eigenvalue weighted by molar-refractivity contribution is 5.94. The molecule has 0 aliphatic heterocycles. The summed E-state index contributed by atoms with van der Waals surface area (Å²) < 4.78 is 141. The number of pyridine rings is 1. The number of alkyl halides is 7. The van der Waals surface area contributed by atoms with Gasteiger partial charge < -0.3 is 16.2 Å². The van der Waals surface area contributed by atoms with E-state index >= 15 is 0 Å². The summed E-state index contributed by atoms with van der Waals surface area (Å²) in [6.45, 7) is 2.82. The van der Waals surface area contributed by atoms with Crippen molar-refractivity contribution in [2.75, 3.05) is 0 Å². The molecule has 1 atom stereocenters. The van der Waals surface area contributed by atoms with E-state index in [1.165, 1.54) is 18.2 Å². The number of hydrogen-bond donors (Lipinski definition) is 3. The fourth-order valence-corrected chi connectivity index (χ4v) is 6.45. The number of rotatable bonds is 8. The zero-order chi connectivity index (χ0) is 40.7. The van der Waals surface area contributed by atoms with Crippen LogP contribution in [0.3, 0.4) is 0 Å². The second-order valence-electron chi connectivity index (χ2n) is 12.8. The lowest BCUT2D eigenvalue weighted by atomic mass is 9.77. The Bertz CT molecular complexity index is 2180. The van der Waals surface area contributed by atoms with Crippen LogP contribution in [0, 0.1) is 29.3 Å². The van der Waals surface area contributed by atoms with Crippen molar-refractivity contribution >= 4 is 11.8 Å². The van der Waals surface area contributed by atoms with Crippen molar-refractivity contribution in [3.05, 3.63) is 105 Å². The number of carbonyl (C=O) groups is 2. The third kappa shape index (κ3) is 8.93. The lowest BCUT2D eigenvalue weighted by Gasteiger charge is -2.39. The average molecular weight is 784 g/mol. The minimum absolute atomic E-state index is 0.0139. The molecule has 0 saturated heterocycles. The molecule has 2 aliphatic carbocycles. The fourth-order valence-electron chi connectivity index (χ4n) is 6.45. The number of carbonyl (C=O) groups excluding carboxylic acids is 2. The summed E-state index contributed by atoms with van der Waals surface area (Å²) in [5.41, 5.74) is -1.29. The molecule has 18 heteroatoms. The molecule has 292 valence electrons. The Kier molecular flexibility index (Phi) is 11.1. The molecule has 4 aromatic rings. The van der Waals surface area contributed by atoms with E-state index in [1.807, 2.05) is 13.8 Å². The Morgan fingerprint density at radius 1 is 1.00 bits per heavy atom. The number of aliphatic hydroxyl groups is 1. The Hall–Kier alpha value is -5.44. The van der Waals surface area contributed by atoms with E-state index in [0.717, 1.165) is 24.3 Å². The van der Waals surface area contributed by atoms with Crippen LogP contribution in [0.5, 0.6) is 0 Å². The van der Waals surface area contributed by atoms with Gasteiger partial charge >= 0.3 is 6.18 Å². The topological polar surface area (TPSA) is 123 Å². The first-order valence-electron chi connectivity index (χ1n) is 16.7. The molecule has 2 heterocycles. The predicted molar refractivity (Wildman–Crippen MR) is 176 cm³/mol. The van der Waals surface area contributed by atoms with Gasteiger partial charge in [-0.15, -0.1) is 0 Å². The molecule has 4 N–H and O–H groups in total. The van der Waals surface area contributed by atoms with Crippen LogP contribution < -0.4 is 11.1 Å². The van der Waals surface area contributed by atoms with Crippen molar-refractivity contribution in [2.45, 2.75) is 82.2 Å². The van der Waals surface area contributed by atoms with E-state index < -0.39 is 120 Å². The van der Waals surface area contributed by atoms with Crippen LogP contribution >= 0.6 is 0 Å². The van der Waals surface area contributed by atoms with E-state index in [2.05, 4.69) is 27.2 Å². The first kappa shape index (κ1) is 40.7. The number of nitrogens with zero attached hydrogens (tertiary/aromatic N) is 3. The van der Waals surface area contributed by atoms with Gasteiger partial charge in [-0.3, -0.25) is 14.3 Å². The quantitative estimate of drug-likeness (QED) is 0.129. The van der Waals surface area contributed by atoms with Gasteiger partial charge in [-0.2, -0.15) is 27.1 Å². The van der Waals surface area contributed by atoms with Crippen molar-refractivity contribution in [3.63, 3.8) is 0 Å². The number of halogens is 10. The van der Waals surface area contributed by atoms with Crippen LogP contribution in [0.1, 0.15) is 83.4 Å². The standard InChI is InChI=1S/C35H25F10N5O3.C2H6/c36-19-9-17(10-20(37)13-19)11-26(48-27(51)14-50-30-23(6-8-34(30,41)42)29(49-50)35(43,44)45)28-22(18-1-4-25(38)24(12-18)31(46)52)3-2-21(47-28)5-7-32(53)15-33(39,40)16-32;1-2/h1-4,9-10,12-13,26,53H,6,8,11,14-16H2,(H2,46,52)(H,48,51);1-2H3. The van der Waals surface area contributed by atoms with Gasteiger partial charge in [-0.05, 0) is 66.3 Å². The van der Waals surface area contributed by atoms with Crippen molar-refractivity contribution in [2.24, 2.45) is 5.73 Å². The number of nitrogens with one attached hydrogen (secondary N) is 1. The monoisotopic (exact) mass is 783 g/mol. The summed E-state index contributed by atoms with van der Waals surface area (Å²) in [4.78, 5) is 29.9. The normalized spacial score (nSPS) is 16.7. The molecular formula is C37H31F10N5O3. The molecule has 0 radical (unpaired) electrons. The van der Waals surface area contributed by atoms with Crippen molar-refractivity contribution < 1.29 is 58.6 Å². The molecule has 1 unspecified atom stereocenters. The second-order valence-corrected chi connectivity index (χ2v) is 12.8. The van der Waals surface area contributed by atoms with Gasteiger partial charge in [-0.1, -0.05) is 25.8 Å². The Labute approximate surface area is 306 Å². The van der Waals surface area contributed by atoms with Crippen LogP contribution in [-0.4, -0.2) is 43.2 Å². The number of benzene rings is 2. The minimum Gasteiger partial charge on any atom is -0.377 e. The van der Waals surface area contributed by atoms with E-state index in [0.29, 0.717) is 6.07 Å². The Balaban J connectivity index is 0.00000285. The number of primary amides is 1. The van der Waals surface area contributed by atoms with Crippen molar-refractivity contribution in [1.29, 1.82) is 0 Å². The lowest BCUT2D eigenvalue weighted by molar-refractivity contribution is -0.176. The second kappa shape index (κ2) is 15.0. The molecular weight excluding hydrogens is 752 g/mol. The highest BCUT2D eigenvalue weighted by atomic mass is 19.4. The summed E-state index contributed by atoms with van der Waals surface area (Å²) in [7, 11) is 0. The Morgan fingerprint density at radius 3 is 2.25 bits per heavy atom. The van der Waals surface area contributed by atoms with Crippen LogP contribution in [0.15, 0.2) is 48.5 Å². The van der Waals surface area contributed by atoms with Gasteiger partial charge in [0.1, 0.15) is 41.0 Å². The Morgan fingerprint density at radius 2 is 1.65 bits per heavy atom. The largest absolute Gasteiger partial charge is 0.435 e. The summed E-state index contributed by atoms with van der Waals surface area (Å²) >= 11 is 0. The lowest BCUT2D eigenvalue weighted by Crippen LogP contribution is -2.50. The van der Waals surface area contributed by atoms with E-state index in [1.54, 1.807) is 0 Å². The van der Waals surface area contributed by atoms with Gasteiger partial charge in [0.25, 0.3) is 17.8 Å². The number of amides is 2. The molecule has 6 rings (SSSR count). The molecule has 0 spiro atoms. The van der Waals surface area contributed by atoms with Crippen LogP contribution in [0.25, 0.3) is 11.1 Å². The van der Waals surface area contributed by atoms with Gasteiger partial charge in [0.05, 0.1) is 30.1 Å². The van der Waals surface area contributed by atoms with Gasteiger partial charge in [-0.25, -0.2) is 26.9 Å². The van der Waals surface area contributed by atoms with Gasteiger partial charge in [0, 0.05) is 23.6 Å². The SMILES string of the molecule is CC.NC(=O)c1cc(-c2ccc(C#CC3(O)CC(F)(F)C3)nc2C(Cc2cc(F)cc(F)c2)NC(=O)Cn2nc(C(F)(F)F)c3c2C(F)(F)CC3)ccc1F. The van der Waals surface area contributed by atoms with Crippen LogP contribution in [0.2, 0.25) is 0 Å². The zero-order valence-corrected chi connectivity index (χ0v) is 28.9. The summed E-state index contributed by atoms with van der Waals surface area (Å²) in [6, 6.07) is 6.43. The summed E-state index contributed by atoms with van der Waals surface area (Å²) in [5, 5.41) is 16.1. The average Bonchev–Trinajstić information content (AvgIpc) is 3.60. The highest BCUT2D eigenvalue weighted by Crippen LogP contribution is 2.47.